The van der Waals surface area contributed by atoms with Gasteiger partial charge in [-0.1, -0.05) is 79.0 Å². The van der Waals surface area contributed by atoms with E-state index in [0.717, 1.165) is 65.7 Å². The Morgan fingerprint density at radius 1 is 0.969 bits per heavy atom. The molecule has 21 heteroatoms. The van der Waals surface area contributed by atoms with Crippen molar-refractivity contribution < 1.29 is 61.0 Å². The van der Waals surface area contributed by atoms with Crippen LogP contribution in [0.3, 0.4) is 0 Å². The second-order valence-electron chi connectivity index (χ2n) is 13.6. The third-order valence-electron chi connectivity index (χ3n) is 9.15. The van der Waals surface area contributed by atoms with Crippen LogP contribution >= 0.6 is 46.4 Å². The Bertz CT molecular complexity index is 2280. The molecule has 65 heavy (non-hydrogen) atoms. The number of anilines is 2. The van der Waals surface area contributed by atoms with E-state index in [9.17, 15) is 42.5 Å². The maximum absolute atomic E-state index is 12.8. The Labute approximate surface area is 393 Å². The lowest BCUT2D eigenvalue weighted by Crippen LogP contribution is -2.47. The number of hydrogen-bond acceptors (Lipinski definition) is 11. The van der Waals surface area contributed by atoms with Gasteiger partial charge in [-0.3, -0.25) is 24.6 Å². The van der Waals surface area contributed by atoms with Crippen molar-refractivity contribution >= 4 is 87.2 Å². The summed E-state index contributed by atoms with van der Waals surface area (Å²) in [6.45, 7) is 9.54. The number of nitro groups is 1. The minimum Gasteiger partial charge on any atom is -0.489 e. The highest BCUT2D eigenvalue weighted by Crippen LogP contribution is 2.38. The van der Waals surface area contributed by atoms with Gasteiger partial charge in [0.25, 0.3) is 11.6 Å². The molecule has 14 nitrogen and oxygen atoms in total. The van der Waals surface area contributed by atoms with E-state index in [1.807, 2.05) is 49.4 Å². The monoisotopic (exact) mass is 989 g/mol. The van der Waals surface area contributed by atoms with Gasteiger partial charge in [-0.2, -0.15) is 13.2 Å². The quantitative estimate of drug-likeness (QED) is 0.0388. The van der Waals surface area contributed by atoms with Crippen LogP contribution in [-0.4, -0.2) is 78.6 Å². The van der Waals surface area contributed by atoms with E-state index >= 15 is 0 Å². The highest BCUT2D eigenvalue weighted by molar-refractivity contribution is 6.54. The standard InChI is InChI=1S/C19H15ClF3NO7.C14H20ClNO2.C11H11Cl2NO2/c1-3-29-17(25)10(2)30-18(26)13-9-12(5-6-15(13)24(27)28)31-16-7-4-11(8-14(16)20)19(21,22)23;1-4-11-7-6-8-12(5-2)14(11)16(10-18-3)13(17)9-15;1-7-6-16-9-5-3-2-4-8(9)14(7)11(15)10(12)13/h4-10H,3H2,1-2H3;6-8H,4-5,9-10H2,1-3H3;2-5,7,10H,6H2,1H3. The number of carbonyl (C=O) groups excluding carboxylic acids is 4. The predicted molar refractivity (Wildman–Crippen MR) is 241 cm³/mol. The molecule has 1 heterocycles. The molecule has 0 saturated heterocycles. The van der Waals surface area contributed by atoms with Gasteiger partial charge < -0.3 is 28.6 Å². The number of nitrogens with zero attached hydrogens (tertiary/aromatic N) is 3. The summed E-state index contributed by atoms with van der Waals surface area (Å²) in [5.74, 6) is -2.15. The molecule has 0 saturated carbocycles. The molecule has 2 amide bonds. The fraction of sp³-hybridized carbons (Fsp3) is 0.364. The van der Waals surface area contributed by atoms with Gasteiger partial charge in [0.05, 0.1) is 39.5 Å². The Hall–Kier alpha value is -5.33. The molecule has 5 rings (SSSR count). The first kappa shape index (κ1) is 54.0. The van der Waals surface area contributed by atoms with Gasteiger partial charge in [0.1, 0.15) is 42.0 Å². The number of alkyl halides is 6. The average molecular weight is 992 g/mol. The normalized spacial score (nSPS) is 13.4. The van der Waals surface area contributed by atoms with Gasteiger partial charge in [-0.05, 0) is 81.1 Å². The van der Waals surface area contributed by atoms with E-state index < -0.39 is 50.8 Å². The largest absolute Gasteiger partial charge is 0.489 e. The molecule has 0 radical (unpaired) electrons. The van der Waals surface area contributed by atoms with Crippen LogP contribution in [0.25, 0.3) is 0 Å². The number of hydrogen-bond donors (Lipinski definition) is 0. The van der Waals surface area contributed by atoms with E-state index in [0.29, 0.717) is 18.4 Å². The molecule has 1 aliphatic rings. The van der Waals surface area contributed by atoms with Gasteiger partial charge >= 0.3 is 18.1 Å². The van der Waals surface area contributed by atoms with Crippen molar-refractivity contribution in [3.05, 3.63) is 116 Å². The van der Waals surface area contributed by atoms with Crippen molar-refractivity contribution in [1.82, 2.24) is 0 Å². The van der Waals surface area contributed by atoms with E-state index in [2.05, 4.69) is 13.8 Å². The molecule has 0 spiro atoms. The topological polar surface area (TPSA) is 164 Å². The number of nitro benzene ring substituents is 1. The molecule has 4 aromatic rings. The maximum Gasteiger partial charge on any atom is 0.416 e. The van der Waals surface area contributed by atoms with Crippen molar-refractivity contribution in [3.63, 3.8) is 0 Å². The van der Waals surface area contributed by atoms with Crippen LogP contribution in [-0.2, 0) is 47.6 Å². The summed E-state index contributed by atoms with van der Waals surface area (Å²) >= 11 is 22.8. The number of para-hydroxylation sites is 3. The smallest absolute Gasteiger partial charge is 0.416 e. The van der Waals surface area contributed by atoms with Crippen LogP contribution in [0, 0.1) is 10.1 Å². The number of fused-ring (bicyclic) bond motifs is 1. The fourth-order valence-corrected chi connectivity index (χ4v) is 6.66. The molecule has 2 atom stereocenters. The third kappa shape index (κ3) is 14.8. The molecule has 352 valence electrons. The third-order valence-corrected chi connectivity index (χ3v) is 10.0. The average Bonchev–Trinajstić information content (AvgIpc) is 3.28. The Morgan fingerprint density at radius 3 is 2.15 bits per heavy atom. The highest BCUT2D eigenvalue weighted by atomic mass is 35.5. The number of carbonyl (C=O) groups is 4. The molecule has 0 fully saturated rings. The molecule has 0 bridgehead atoms. The zero-order chi connectivity index (χ0) is 48.6. The number of benzene rings is 4. The summed E-state index contributed by atoms with van der Waals surface area (Å²) in [6.07, 6.45) is -4.19. The Morgan fingerprint density at radius 2 is 1.62 bits per heavy atom. The maximum atomic E-state index is 12.8. The van der Waals surface area contributed by atoms with Gasteiger partial charge in [0.2, 0.25) is 5.91 Å². The zero-order valence-corrected chi connectivity index (χ0v) is 39.0. The SMILES string of the molecule is CC1COc2ccccc2N1C(=O)C(Cl)Cl.CCOC(=O)C(C)OC(=O)c1cc(Oc2ccc(C(F)(F)F)cc2Cl)ccc1[N+](=O)[O-].CCc1cccc(CC)c1N(COC)C(=O)CCl. The molecule has 0 aliphatic carbocycles. The fourth-order valence-electron chi connectivity index (χ4n) is 6.09. The first-order chi connectivity index (χ1) is 30.7. The summed E-state index contributed by atoms with van der Waals surface area (Å²) in [5, 5.41) is 10.9. The molecule has 0 N–H and O–H groups in total. The number of methoxy groups -OCH3 is 1. The van der Waals surface area contributed by atoms with Crippen molar-refractivity contribution in [2.45, 2.75) is 70.6 Å². The minimum atomic E-state index is -4.61. The second-order valence-corrected chi connectivity index (χ2v) is 15.4. The van der Waals surface area contributed by atoms with Crippen molar-refractivity contribution in [2.75, 3.05) is 42.7 Å². The summed E-state index contributed by atoms with van der Waals surface area (Å²) in [5.41, 5.74) is 1.79. The van der Waals surface area contributed by atoms with E-state index in [1.165, 1.54) is 6.92 Å². The Kier molecular flexibility index (Phi) is 21.1. The van der Waals surface area contributed by atoms with Crippen LogP contribution in [0.4, 0.5) is 30.2 Å². The molecule has 2 unspecified atom stereocenters. The first-order valence-electron chi connectivity index (χ1n) is 19.7. The molecule has 0 aromatic heterocycles. The first-order valence-corrected chi connectivity index (χ1v) is 21.5. The predicted octanol–water partition coefficient (Wildman–Crippen LogP) is 10.8. The van der Waals surface area contributed by atoms with Gasteiger partial charge in [0, 0.05) is 19.2 Å². The van der Waals surface area contributed by atoms with E-state index in [-0.39, 0.29) is 53.6 Å². The van der Waals surface area contributed by atoms with Crippen LogP contribution in [0.1, 0.15) is 61.7 Å². The van der Waals surface area contributed by atoms with Gasteiger partial charge in [-0.15, -0.1) is 11.6 Å². The lowest BCUT2D eigenvalue weighted by molar-refractivity contribution is -0.385. The number of aryl methyl sites for hydroxylation is 2. The highest BCUT2D eigenvalue weighted by Gasteiger charge is 2.33. The number of ether oxygens (including phenoxy) is 5. The van der Waals surface area contributed by atoms with E-state index in [1.54, 1.807) is 23.8 Å². The van der Waals surface area contributed by atoms with Crippen LogP contribution in [0.5, 0.6) is 17.2 Å². The lowest BCUT2D eigenvalue weighted by atomic mass is 10.0. The molecule has 4 aromatic carbocycles. The van der Waals surface area contributed by atoms with Crippen molar-refractivity contribution in [2.24, 2.45) is 0 Å². The van der Waals surface area contributed by atoms with Crippen LogP contribution in [0.2, 0.25) is 5.02 Å². The second kappa shape index (κ2) is 25.4. The summed E-state index contributed by atoms with van der Waals surface area (Å²) < 4.78 is 63.9. The van der Waals surface area contributed by atoms with Gasteiger partial charge in [0.15, 0.2) is 10.9 Å². The Balaban J connectivity index is 0.000000280. The van der Waals surface area contributed by atoms with Gasteiger partial charge in [-0.25, -0.2) is 9.59 Å². The molecular formula is C44H46Cl4F3N3O11. The summed E-state index contributed by atoms with van der Waals surface area (Å²) in [4.78, 5) is 60.4. The zero-order valence-electron chi connectivity index (χ0n) is 36.0. The summed E-state index contributed by atoms with van der Waals surface area (Å²) in [7, 11) is 1.58. The van der Waals surface area contributed by atoms with Crippen LogP contribution in [0.15, 0.2) is 78.9 Å². The van der Waals surface area contributed by atoms with Crippen molar-refractivity contribution in [3.8, 4) is 17.2 Å². The number of halogens is 7. The number of esters is 2. The van der Waals surface area contributed by atoms with E-state index in [4.69, 9.17) is 70.1 Å². The van der Waals surface area contributed by atoms with Crippen molar-refractivity contribution in [1.29, 1.82) is 0 Å². The summed E-state index contributed by atoms with van der Waals surface area (Å²) in [6, 6.07) is 18.8. The molecule has 1 aliphatic heterocycles. The lowest BCUT2D eigenvalue weighted by Gasteiger charge is -2.35. The molecular weight excluding hydrogens is 945 g/mol. The minimum absolute atomic E-state index is 0.0371. The number of amides is 2. The van der Waals surface area contributed by atoms with Crippen LogP contribution < -0.4 is 19.3 Å². The number of rotatable bonds is 14.